The summed E-state index contributed by atoms with van der Waals surface area (Å²) in [6.45, 7) is 2.13. The molecule has 2 heteroatoms. The largest absolute Gasteiger partial charge is 0.478 e. The first-order chi connectivity index (χ1) is 7.22. The minimum absolute atomic E-state index is 0.776. The van der Waals surface area contributed by atoms with Crippen molar-refractivity contribution in [2.24, 2.45) is 0 Å². The molecule has 0 spiro atoms. The third-order valence-electron chi connectivity index (χ3n) is 2.29. The summed E-state index contributed by atoms with van der Waals surface area (Å²) in [7, 11) is 0. The molecule has 80 valence electrons. The summed E-state index contributed by atoms with van der Waals surface area (Å²) in [5.74, 6) is -0.878. The van der Waals surface area contributed by atoms with Gasteiger partial charge in [0.2, 0.25) is 0 Å². The van der Waals surface area contributed by atoms with Crippen molar-refractivity contribution in [2.45, 2.75) is 26.2 Å². The van der Waals surface area contributed by atoms with Gasteiger partial charge in [0.25, 0.3) is 0 Å². The van der Waals surface area contributed by atoms with Crippen LogP contribution in [0, 0.1) is 0 Å². The van der Waals surface area contributed by atoms with Crippen LogP contribution in [-0.4, -0.2) is 11.1 Å². The molecule has 0 aliphatic rings. The molecule has 2 nitrogen and oxygen atoms in total. The van der Waals surface area contributed by atoms with Crippen LogP contribution in [-0.2, 0) is 17.6 Å². The van der Waals surface area contributed by atoms with E-state index in [1.807, 2.05) is 0 Å². The van der Waals surface area contributed by atoms with Crippen molar-refractivity contribution in [3.05, 3.63) is 47.5 Å². The van der Waals surface area contributed by atoms with Gasteiger partial charge in [0.05, 0.1) is 0 Å². The van der Waals surface area contributed by atoms with Gasteiger partial charge in [-0.1, -0.05) is 37.3 Å². The number of aryl methyl sites for hydroxylation is 2. The molecule has 0 saturated carbocycles. The first kappa shape index (κ1) is 11.5. The zero-order valence-corrected chi connectivity index (χ0v) is 8.94. The fourth-order valence-electron chi connectivity index (χ4n) is 1.38. The lowest BCUT2D eigenvalue weighted by atomic mass is 10.1. The van der Waals surface area contributed by atoms with Crippen molar-refractivity contribution in [1.82, 2.24) is 0 Å². The summed E-state index contributed by atoms with van der Waals surface area (Å²) in [6, 6.07) is 8.45. The molecule has 0 aromatic heterocycles. The van der Waals surface area contributed by atoms with Gasteiger partial charge in [0.15, 0.2) is 0 Å². The lowest BCUT2D eigenvalue weighted by molar-refractivity contribution is -0.131. The van der Waals surface area contributed by atoms with E-state index in [9.17, 15) is 4.79 Å². The first-order valence-electron chi connectivity index (χ1n) is 5.19. The van der Waals surface area contributed by atoms with Gasteiger partial charge >= 0.3 is 5.97 Å². The molecular weight excluding hydrogens is 188 g/mol. The predicted molar refractivity (Wildman–Crippen MR) is 60.9 cm³/mol. The summed E-state index contributed by atoms with van der Waals surface area (Å²) in [5.41, 5.74) is 2.59. The van der Waals surface area contributed by atoms with Crippen LogP contribution >= 0.6 is 0 Å². The molecule has 0 heterocycles. The molecule has 0 aliphatic carbocycles. The first-order valence-corrected chi connectivity index (χ1v) is 5.19. The smallest absolute Gasteiger partial charge is 0.327 e. The van der Waals surface area contributed by atoms with Crippen LogP contribution in [0.4, 0.5) is 0 Å². The predicted octanol–water partition coefficient (Wildman–Crippen LogP) is 2.82. The summed E-state index contributed by atoms with van der Waals surface area (Å²) in [4.78, 5) is 10.2. The number of carboxylic acids is 1. The van der Waals surface area contributed by atoms with Crippen LogP contribution in [0.1, 0.15) is 24.5 Å². The topological polar surface area (TPSA) is 37.3 Å². The van der Waals surface area contributed by atoms with Gasteiger partial charge in [-0.25, -0.2) is 4.79 Å². The fraction of sp³-hybridized carbons (Fsp3) is 0.308. The molecule has 15 heavy (non-hydrogen) atoms. The minimum Gasteiger partial charge on any atom is -0.478 e. The number of aliphatic carboxylic acids is 1. The molecule has 0 unspecified atom stereocenters. The molecule has 0 radical (unpaired) electrons. The van der Waals surface area contributed by atoms with Crippen LogP contribution in [0.25, 0.3) is 0 Å². The van der Waals surface area contributed by atoms with Crippen LogP contribution < -0.4 is 0 Å². The van der Waals surface area contributed by atoms with Crippen molar-refractivity contribution < 1.29 is 9.90 Å². The molecule has 0 amide bonds. The van der Waals surface area contributed by atoms with Crippen LogP contribution in [0.15, 0.2) is 36.4 Å². The van der Waals surface area contributed by atoms with Gasteiger partial charge in [-0.15, -0.1) is 0 Å². The van der Waals surface area contributed by atoms with Gasteiger partial charge in [0, 0.05) is 6.08 Å². The Morgan fingerprint density at radius 3 is 2.40 bits per heavy atom. The lowest BCUT2D eigenvalue weighted by Gasteiger charge is -2.00. The fourth-order valence-corrected chi connectivity index (χ4v) is 1.38. The Balaban J connectivity index is 2.41. The van der Waals surface area contributed by atoms with Crippen molar-refractivity contribution >= 4 is 5.97 Å². The normalized spacial score (nSPS) is 10.7. The zero-order chi connectivity index (χ0) is 11.1. The highest BCUT2D eigenvalue weighted by molar-refractivity contribution is 5.79. The molecular formula is C13H16O2. The maximum absolute atomic E-state index is 10.2. The Morgan fingerprint density at radius 2 is 1.87 bits per heavy atom. The maximum atomic E-state index is 10.2. The summed E-state index contributed by atoms with van der Waals surface area (Å²) < 4.78 is 0. The van der Waals surface area contributed by atoms with Gasteiger partial charge in [-0.3, -0.25) is 0 Å². The molecule has 0 aliphatic heterocycles. The van der Waals surface area contributed by atoms with Crippen molar-refractivity contribution in [1.29, 1.82) is 0 Å². The number of allylic oxidation sites excluding steroid dienone is 1. The van der Waals surface area contributed by atoms with Gasteiger partial charge in [-0.2, -0.15) is 0 Å². The number of hydrogen-bond acceptors (Lipinski definition) is 1. The van der Waals surface area contributed by atoms with E-state index in [2.05, 4.69) is 31.2 Å². The van der Waals surface area contributed by atoms with E-state index in [-0.39, 0.29) is 0 Å². The summed E-state index contributed by atoms with van der Waals surface area (Å²) in [5, 5.41) is 8.39. The second-order valence-electron chi connectivity index (χ2n) is 3.45. The van der Waals surface area contributed by atoms with E-state index in [1.54, 1.807) is 6.08 Å². The Bertz CT molecular complexity index is 336. The zero-order valence-electron chi connectivity index (χ0n) is 8.94. The third kappa shape index (κ3) is 4.45. The van der Waals surface area contributed by atoms with Crippen molar-refractivity contribution in [3.8, 4) is 0 Å². The highest BCUT2D eigenvalue weighted by atomic mass is 16.4. The minimum atomic E-state index is -0.878. The van der Waals surface area contributed by atoms with Crippen LogP contribution in [0.2, 0.25) is 0 Å². The lowest BCUT2D eigenvalue weighted by Crippen LogP contribution is -1.88. The number of hydrogen-bond donors (Lipinski definition) is 1. The standard InChI is InChI=1S/C13H16O2/c1-2-11-7-9-12(10-8-11)5-3-4-6-13(14)15/h4,6-10H,2-3,5H2,1H3,(H,14,15)/b6-4+. The maximum Gasteiger partial charge on any atom is 0.327 e. The molecule has 0 atom stereocenters. The Hall–Kier alpha value is -1.57. The quantitative estimate of drug-likeness (QED) is 0.749. The van der Waals surface area contributed by atoms with E-state index < -0.39 is 5.97 Å². The molecule has 1 rings (SSSR count). The van der Waals surface area contributed by atoms with E-state index in [4.69, 9.17) is 5.11 Å². The molecule has 1 N–H and O–H groups in total. The van der Waals surface area contributed by atoms with Crippen LogP contribution in [0.5, 0.6) is 0 Å². The van der Waals surface area contributed by atoms with Crippen LogP contribution in [0.3, 0.4) is 0 Å². The van der Waals surface area contributed by atoms with E-state index in [0.29, 0.717) is 0 Å². The highest BCUT2D eigenvalue weighted by Crippen LogP contribution is 2.07. The number of carbonyl (C=O) groups is 1. The van der Waals surface area contributed by atoms with Gasteiger partial charge in [-0.05, 0) is 30.4 Å². The highest BCUT2D eigenvalue weighted by Gasteiger charge is 1.92. The Morgan fingerprint density at radius 1 is 1.27 bits per heavy atom. The van der Waals surface area contributed by atoms with E-state index >= 15 is 0 Å². The average molecular weight is 204 g/mol. The Labute approximate surface area is 90.3 Å². The monoisotopic (exact) mass is 204 g/mol. The second kappa shape index (κ2) is 6.02. The molecule has 0 saturated heterocycles. The van der Waals surface area contributed by atoms with Crippen molar-refractivity contribution in [3.63, 3.8) is 0 Å². The molecule has 1 aromatic carbocycles. The Kier molecular flexibility index (Phi) is 4.61. The van der Waals surface area contributed by atoms with E-state index in [0.717, 1.165) is 19.3 Å². The number of benzene rings is 1. The van der Waals surface area contributed by atoms with E-state index in [1.165, 1.54) is 17.2 Å². The summed E-state index contributed by atoms with van der Waals surface area (Å²) in [6.07, 6.45) is 5.61. The van der Waals surface area contributed by atoms with Gasteiger partial charge in [0.1, 0.15) is 0 Å². The van der Waals surface area contributed by atoms with Crippen molar-refractivity contribution in [2.75, 3.05) is 0 Å². The SMILES string of the molecule is CCc1ccc(CC/C=C/C(=O)O)cc1. The van der Waals surface area contributed by atoms with Gasteiger partial charge < -0.3 is 5.11 Å². The average Bonchev–Trinajstić information content (AvgIpc) is 2.25. The molecule has 1 aromatic rings. The molecule has 0 bridgehead atoms. The summed E-state index contributed by atoms with van der Waals surface area (Å²) >= 11 is 0. The molecule has 0 fully saturated rings. The number of rotatable bonds is 5. The third-order valence-corrected chi connectivity index (χ3v) is 2.29. The number of carboxylic acid groups (broad SMARTS) is 1. The second-order valence-corrected chi connectivity index (χ2v) is 3.45.